The van der Waals surface area contributed by atoms with Gasteiger partial charge in [-0.25, -0.2) is 4.39 Å². The molecule has 2 aromatic rings. The smallest absolute Gasteiger partial charge is 0.230 e. The van der Waals surface area contributed by atoms with Gasteiger partial charge in [0.05, 0.1) is 10.9 Å². The summed E-state index contributed by atoms with van der Waals surface area (Å²) < 4.78 is 13.0. The van der Waals surface area contributed by atoms with Crippen LogP contribution in [-0.2, 0) is 16.6 Å². The van der Waals surface area contributed by atoms with E-state index in [1.807, 2.05) is 13.1 Å². The Morgan fingerprint density at radius 1 is 1.43 bits per heavy atom. The molecule has 0 aliphatic heterocycles. The number of halogens is 1. The van der Waals surface area contributed by atoms with Gasteiger partial charge in [0.25, 0.3) is 0 Å². The number of nitrogens with zero attached hydrogens (tertiary/aromatic N) is 1. The summed E-state index contributed by atoms with van der Waals surface area (Å²) >= 11 is 1.60. The SMILES string of the molecule is C[C@H](Cc1cncs1)NC(=O)C1(c2ccc(F)cc2)CC1. The fourth-order valence-corrected chi connectivity index (χ4v) is 3.32. The van der Waals surface area contributed by atoms with Crippen molar-refractivity contribution in [3.8, 4) is 0 Å². The van der Waals surface area contributed by atoms with E-state index in [9.17, 15) is 9.18 Å². The molecule has 110 valence electrons. The van der Waals surface area contributed by atoms with Crippen LogP contribution < -0.4 is 5.32 Å². The largest absolute Gasteiger partial charge is 0.353 e. The van der Waals surface area contributed by atoms with E-state index in [2.05, 4.69) is 10.3 Å². The zero-order valence-corrected chi connectivity index (χ0v) is 12.6. The van der Waals surface area contributed by atoms with Crippen LogP contribution >= 0.6 is 11.3 Å². The molecule has 1 aromatic carbocycles. The first kappa shape index (κ1) is 14.2. The Hall–Kier alpha value is -1.75. The number of hydrogen-bond acceptors (Lipinski definition) is 3. The van der Waals surface area contributed by atoms with Crippen molar-refractivity contribution in [3.05, 3.63) is 52.2 Å². The van der Waals surface area contributed by atoms with Gasteiger partial charge in [0, 0.05) is 23.5 Å². The van der Waals surface area contributed by atoms with Gasteiger partial charge in [0.15, 0.2) is 0 Å². The lowest BCUT2D eigenvalue weighted by atomic mass is 9.94. The Labute approximate surface area is 127 Å². The predicted octanol–water partition coefficient (Wildman–Crippen LogP) is 3.06. The molecule has 1 fully saturated rings. The lowest BCUT2D eigenvalue weighted by Crippen LogP contribution is -2.41. The third-order valence-corrected chi connectivity index (χ3v) is 4.75. The standard InChI is InChI=1S/C16H17FN2OS/c1-11(8-14-9-18-10-21-14)19-15(20)16(6-7-16)12-2-4-13(17)5-3-12/h2-5,9-11H,6-8H2,1H3,(H,19,20)/t11-/m1/s1. The van der Waals surface area contributed by atoms with Crippen LogP contribution in [0.25, 0.3) is 0 Å². The summed E-state index contributed by atoms with van der Waals surface area (Å²) in [5.74, 6) is -0.223. The third kappa shape index (κ3) is 2.97. The van der Waals surface area contributed by atoms with E-state index in [1.54, 1.807) is 29.0 Å². The number of carbonyl (C=O) groups excluding carboxylic acids is 1. The first-order valence-corrected chi connectivity index (χ1v) is 7.92. The highest BCUT2D eigenvalue weighted by molar-refractivity contribution is 7.09. The van der Waals surface area contributed by atoms with Gasteiger partial charge < -0.3 is 5.32 Å². The Kier molecular flexibility index (Phi) is 3.76. The molecule has 0 saturated heterocycles. The van der Waals surface area contributed by atoms with E-state index < -0.39 is 5.41 Å². The Morgan fingerprint density at radius 3 is 2.71 bits per heavy atom. The number of benzene rings is 1. The van der Waals surface area contributed by atoms with Crippen LogP contribution in [0.2, 0.25) is 0 Å². The van der Waals surface area contributed by atoms with E-state index in [1.165, 1.54) is 12.1 Å². The maximum absolute atomic E-state index is 13.0. The minimum absolute atomic E-state index is 0.0473. The van der Waals surface area contributed by atoms with E-state index >= 15 is 0 Å². The van der Waals surface area contributed by atoms with Crippen molar-refractivity contribution < 1.29 is 9.18 Å². The van der Waals surface area contributed by atoms with Crippen LogP contribution in [-0.4, -0.2) is 16.9 Å². The summed E-state index contributed by atoms with van der Waals surface area (Å²) in [6.07, 6.45) is 4.28. The molecule has 0 spiro atoms. The van der Waals surface area contributed by atoms with Crippen molar-refractivity contribution in [3.63, 3.8) is 0 Å². The quantitative estimate of drug-likeness (QED) is 0.922. The summed E-state index contributed by atoms with van der Waals surface area (Å²) in [5, 5.41) is 3.08. The zero-order chi connectivity index (χ0) is 14.9. The van der Waals surface area contributed by atoms with E-state index in [-0.39, 0.29) is 17.8 Å². The molecule has 3 nitrogen and oxygen atoms in total. The lowest BCUT2D eigenvalue weighted by Gasteiger charge is -2.19. The first-order valence-electron chi connectivity index (χ1n) is 7.04. The number of nitrogens with one attached hydrogen (secondary N) is 1. The van der Waals surface area contributed by atoms with E-state index in [4.69, 9.17) is 0 Å². The molecule has 0 bridgehead atoms. The van der Waals surface area contributed by atoms with Crippen molar-refractivity contribution >= 4 is 17.2 Å². The van der Waals surface area contributed by atoms with Gasteiger partial charge in [-0.3, -0.25) is 9.78 Å². The highest BCUT2D eigenvalue weighted by Gasteiger charge is 2.51. The van der Waals surface area contributed by atoms with Crippen molar-refractivity contribution in [1.29, 1.82) is 0 Å². The average Bonchev–Trinajstić information content (AvgIpc) is 3.12. The van der Waals surface area contributed by atoms with Gasteiger partial charge in [-0.05, 0) is 37.5 Å². The fraction of sp³-hybridized carbons (Fsp3) is 0.375. The van der Waals surface area contributed by atoms with Crippen LogP contribution in [0.3, 0.4) is 0 Å². The van der Waals surface area contributed by atoms with Gasteiger partial charge in [0.1, 0.15) is 5.82 Å². The molecule has 0 unspecified atom stereocenters. The van der Waals surface area contributed by atoms with Crippen LogP contribution in [0.1, 0.15) is 30.2 Å². The monoisotopic (exact) mass is 304 g/mol. The summed E-state index contributed by atoms with van der Waals surface area (Å²) in [5.41, 5.74) is 2.26. The maximum Gasteiger partial charge on any atom is 0.230 e. The summed E-state index contributed by atoms with van der Waals surface area (Å²) in [6.45, 7) is 2.00. The molecule has 1 atom stereocenters. The van der Waals surface area contributed by atoms with Crippen LogP contribution in [0.4, 0.5) is 4.39 Å². The number of carbonyl (C=O) groups is 1. The molecular weight excluding hydrogens is 287 g/mol. The molecule has 5 heteroatoms. The Morgan fingerprint density at radius 2 is 2.14 bits per heavy atom. The first-order chi connectivity index (χ1) is 10.1. The number of aromatic nitrogens is 1. The average molecular weight is 304 g/mol. The second-order valence-corrected chi connectivity index (χ2v) is 6.61. The summed E-state index contributed by atoms with van der Waals surface area (Å²) in [7, 11) is 0. The highest BCUT2D eigenvalue weighted by atomic mass is 32.1. The lowest BCUT2D eigenvalue weighted by molar-refractivity contribution is -0.124. The van der Waals surface area contributed by atoms with Crippen LogP contribution in [0, 0.1) is 5.82 Å². The summed E-state index contributed by atoms with van der Waals surface area (Å²) in [4.78, 5) is 17.7. The highest BCUT2D eigenvalue weighted by Crippen LogP contribution is 2.48. The van der Waals surface area contributed by atoms with Gasteiger partial charge >= 0.3 is 0 Å². The zero-order valence-electron chi connectivity index (χ0n) is 11.8. The van der Waals surface area contributed by atoms with Gasteiger partial charge in [-0.2, -0.15) is 0 Å². The number of amides is 1. The molecule has 1 aromatic heterocycles. The van der Waals surface area contributed by atoms with Gasteiger partial charge in [-0.1, -0.05) is 12.1 Å². The molecule has 1 heterocycles. The molecule has 1 aliphatic rings. The number of thiazole rings is 1. The number of hydrogen-bond donors (Lipinski definition) is 1. The third-order valence-electron chi connectivity index (χ3n) is 3.95. The van der Waals surface area contributed by atoms with Crippen LogP contribution in [0.15, 0.2) is 36.0 Å². The molecular formula is C16H17FN2OS. The second kappa shape index (κ2) is 5.56. The van der Waals surface area contributed by atoms with Crippen LogP contribution in [0.5, 0.6) is 0 Å². The van der Waals surface area contributed by atoms with E-state index in [0.29, 0.717) is 0 Å². The van der Waals surface area contributed by atoms with Gasteiger partial charge in [-0.15, -0.1) is 11.3 Å². The maximum atomic E-state index is 13.0. The topological polar surface area (TPSA) is 42.0 Å². The normalized spacial score (nSPS) is 17.2. The van der Waals surface area contributed by atoms with Crippen molar-refractivity contribution in [2.45, 2.75) is 37.6 Å². The molecule has 1 amide bonds. The second-order valence-electron chi connectivity index (χ2n) is 5.64. The minimum atomic E-state index is -0.449. The molecule has 0 radical (unpaired) electrons. The van der Waals surface area contributed by atoms with Crippen molar-refractivity contribution in [2.75, 3.05) is 0 Å². The molecule has 1 N–H and O–H groups in total. The van der Waals surface area contributed by atoms with Crippen molar-refractivity contribution in [2.24, 2.45) is 0 Å². The molecule has 1 saturated carbocycles. The van der Waals surface area contributed by atoms with Crippen molar-refractivity contribution in [1.82, 2.24) is 10.3 Å². The Balaban J connectivity index is 1.66. The van der Waals surface area contributed by atoms with Gasteiger partial charge in [0.2, 0.25) is 5.91 Å². The van der Waals surface area contributed by atoms with E-state index in [0.717, 1.165) is 29.7 Å². The fourth-order valence-electron chi connectivity index (χ4n) is 2.60. The number of rotatable bonds is 5. The minimum Gasteiger partial charge on any atom is -0.353 e. The molecule has 1 aliphatic carbocycles. The summed E-state index contributed by atoms with van der Waals surface area (Å²) in [6, 6.07) is 6.34. The predicted molar refractivity (Wildman–Crippen MR) is 80.7 cm³/mol. The molecule has 3 rings (SSSR count). The Bertz CT molecular complexity index is 620. The molecule has 21 heavy (non-hydrogen) atoms.